The summed E-state index contributed by atoms with van der Waals surface area (Å²) >= 11 is 3.36. The lowest BCUT2D eigenvalue weighted by Gasteiger charge is -2.36. The SMILES string of the molecule is O=C(CC1C(=O)Nc2ccccc2N1C(=O)c1ccc(Br)cc1)Nc1ccccc1. The molecule has 3 aromatic carbocycles. The average molecular weight is 464 g/mol. The molecular formula is C23H18BrN3O3. The van der Waals surface area contributed by atoms with E-state index in [0.717, 1.165) is 4.47 Å². The summed E-state index contributed by atoms with van der Waals surface area (Å²) < 4.78 is 0.842. The highest BCUT2D eigenvalue weighted by molar-refractivity contribution is 9.10. The third kappa shape index (κ3) is 4.11. The molecule has 1 aliphatic rings. The minimum atomic E-state index is -0.972. The van der Waals surface area contributed by atoms with Crippen LogP contribution >= 0.6 is 15.9 Å². The van der Waals surface area contributed by atoms with Gasteiger partial charge in [0.2, 0.25) is 11.8 Å². The Morgan fingerprint density at radius 2 is 1.60 bits per heavy atom. The third-order valence-electron chi connectivity index (χ3n) is 4.78. The number of benzene rings is 3. The fourth-order valence-electron chi connectivity index (χ4n) is 3.37. The summed E-state index contributed by atoms with van der Waals surface area (Å²) in [5, 5.41) is 5.58. The van der Waals surface area contributed by atoms with Crippen LogP contribution in [0.5, 0.6) is 0 Å². The first-order valence-electron chi connectivity index (χ1n) is 9.37. The predicted octanol–water partition coefficient (Wildman–Crippen LogP) is 4.45. The second-order valence-electron chi connectivity index (χ2n) is 6.82. The van der Waals surface area contributed by atoms with E-state index in [1.807, 2.05) is 18.2 Å². The lowest BCUT2D eigenvalue weighted by Crippen LogP contribution is -2.52. The van der Waals surface area contributed by atoms with Crippen LogP contribution in [0.4, 0.5) is 17.1 Å². The zero-order valence-electron chi connectivity index (χ0n) is 15.8. The van der Waals surface area contributed by atoms with E-state index in [-0.39, 0.29) is 18.2 Å². The van der Waals surface area contributed by atoms with Crippen LogP contribution < -0.4 is 15.5 Å². The van der Waals surface area contributed by atoms with Crippen molar-refractivity contribution in [2.24, 2.45) is 0 Å². The van der Waals surface area contributed by atoms with Gasteiger partial charge in [0.15, 0.2) is 0 Å². The molecule has 1 unspecified atom stereocenters. The third-order valence-corrected chi connectivity index (χ3v) is 5.31. The van der Waals surface area contributed by atoms with Crippen molar-refractivity contribution in [3.63, 3.8) is 0 Å². The van der Waals surface area contributed by atoms with Crippen molar-refractivity contribution in [3.8, 4) is 0 Å². The van der Waals surface area contributed by atoms with Crippen molar-refractivity contribution in [2.45, 2.75) is 12.5 Å². The Labute approximate surface area is 182 Å². The zero-order valence-corrected chi connectivity index (χ0v) is 17.4. The molecule has 0 aliphatic carbocycles. The van der Waals surface area contributed by atoms with Gasteiger partial charge in [0, 0.05) is 15.7 Å². The molecule has 4 rings (SSSR count). The highest BCUT2D eigenvalue weighted by Gasteiger charge is 2.38. The first-order chi connectivity index (χ1) is 14.5. The molecule has 1 aliphatic heterocycles. The summed E-state index contributed by atoms with van der Waals surface area (Å²) in [5.74, 6) is -1.10. The summed E-state index contributed by atoms with van der Waals surface area (Å²) in [4.78, 5) is 40.3. The van der Waals surface area contributed by atoms with Gasteiger partial charge in [-0.15, -0.1) is 0 Å². The fraction of sp³-hybridized carbons (Fsp3) is 0.0870. The summed E-state index contributed by atoms with van der Waals surface area (Å²) in [7, 11) is 0. The first kappa shape index (κ1) is 19.8. The Kier molecular flexibility index (Phi) is 5.63. The van der Waals surface area contributed by atoms with Crippen LogP contribution in [0.1, 0.15) is 16.8 Å². The second-order valence-corrected chi connectivity index (χ2v) is 7.74. The molecule has 0 fully saturated rings. The number of hydrogen-bond acceptors (Lipinski definition) is 3. The lowest BCUT2D eigenvalue weighted by atomic mass is 10.0. The molecule has 7 heteroatoms. The van der Waals surface area contributed by atoms with Crippen LogP contribution in [-0.4, -0.2) is 23.8 Å². The van der Waals surface area contributed by atoms with E-state index >= 15 is 0 Å². The molecule has 0 aromatic heterocycles. The Hall–Kier alpha value is -3.45. The molecule has 6 nitrogen and oxygen atoms in total. The highest BCUT2D eigenvalue weighted by atomic mass is 79.9. The van der Waals surface area contributed by atoms with Gasteiger partial charge < -0.3 is 10.6 Å². The van der Waals surface area contributed by atoms with Gasteiger partial charge >= 0.3 is 0 Å². The van der Waals surface area contributed by atoms with Crippen LogP contribution in [0.3, 0.4) is 0 Å². The number of anilines is 3. The quantitative estimate of drug-likeness (QED) is 0.599. The molecule has 0 radical (unpaired) electrons. The van der Waals surface area contributed by atoms with Crippen molar-refractivity contribution >= 4 is 50.7 Å². The van der Waals surface area contributed by atoms with Gasteiger partial charge in [-0.2, -0.15) is 0 Å². The van der Waals surface area contributed by atoms with Crippen LogP contribution in [0.25, 0.3) is 0 Å². The van der Waals surface area contributed by atoms with Gasteiger partial charge in [-0.3, -0.25) is 19.3 Å². The maximum absolute atomic E-state index is 13.4. The summed E-state index contributed by atoms with van der Waals surface area (Å²) in [6.07, 6.45) is -0.169. The van der Waals surface area contributed by atoms with Gasteiger partial charge in [-0.1, -0.05) is 46.3 Å². The molecule has 3 amide bonds. The zero-order chi connectivity index (χ0) is 21.1. The van der Waals surface area contributed by atoms with Gasteiger partial charge in [0.05, 0.1) is 17.8 Å². The van der Waals surface area contributed by atoms with Crippen LogP contribution in [0.2, 0.25) is 0 Å². The number of hydrogen-bond donors (Lipinski definition) is 2. The molecule has 2 N–H and O–H groups in total. The van der Waals surface area contributed by atoms with Crippen molar-refractivity contribution in [1.82, 2.24) is 0 Å². The minimum absolute atomic E-state index is 0.169. The Bertz CT molecular complexity index is 1100. The van der Waals surface area contributed by atoms with Crippen molar-refractivity contribution < 1.29 is 14.4 Å². The van der Waals surface area contributed by atoms with Crippen LogP contribution in [0, 0.1) is 0 Å². The molecule has 30 heavy (non-hydrogen) atoms. The van der Waals surface area contributed by atoms with Gasteiger partial charge in [0.1, 0.15) is 6.04 Å². The number of carbonyl (C=O) groups is 3. The number of fused-ring (bicyclic) bond motifs is 1. The summed E-state index contributed by atoms with van der Waals surface area (Å²) in [6.45, 7) is 0. The summed E-state index contributed by atoms with van der Waals surface area (Å²) in [6, 6.07) is 22.0. The normalized spacial score (nSPS) is 15.2. The number of para-hydroxylation sites is 3. The Balaban J connectivity index is 1.66. The van der Waals surface area contributed by atoms with Crippen LogP contribution in [-0.2, 0) is 9.59 Å². The molecule has 1 heterocycles. The van der Waals surface area contributed by atoms with E-state index in [2.05, 4.69) is 26.6 Å². The molecular weight excluding hydrogens is 446 g/mol. The standard InChI is InChI=1S/C23H18BrN3O3/c24-16-12-10-15(11-13-16)23(30)27-19-9-5-4-8-18(19)26-22(29)20(27)14-21(28)25-17-6-2-1-3-7-17/h1-13,20H,14H2,(H,25,28)(H,26,29). The maximum Gasteiger partial charge on any atom is 0.259 e. The highest BCUT2D eigenvalue weighted by Crippen LogP contribution is 2.34. The average Bonchev–Trinajstić information content (AvgIpc) is 2.75. The number of halogens is 1. The van der Waals surface area contributed by atoms with Gasteiger partial charge in [0.25, 0.3) is 5.91 Å². The topological polar surface area (TPSA) is 78.5 Å². The number of carbonyl (C=O) groups excluding carboxylic acids is 3. The number of nitrogens with zero attached hydrogens (tertiary/aromatic N) is 1. The smallest absolute Gasteiger partial charge is 0.259 e. The number of amides is 3. The van der Waals surface area contributed by atoms with E-state index in [1.54, 1.807) is 60.7 Å². The minimum Gasteiger partial charge on any atom is -0.326 e. The Morgan fingerprint density at radius 3 is 2.33 bits per heavy atom. The van der Waals surface area contributed by atoms with Crippen molar-refractivity contribution in [3.05, 3.63) is 88.9 Å². The molecule has 1 atom stereocenters. The van der Waals surface area contributed by atoms with E-state index < -0.39 is 11.9 Å². The van der Waals surface area contributed by atoms with Crippen molar-refractivity contribution in [2.75, 3.05) is 15.5 Å². The van der Waals surface area contributed by atoms with Gasteiger partial charge in [-0.05, 0) is 48.5 Å². The molecule has 0 spiro atoms. The number of rotatable bonds is 4. The van der Waals surface area contributed by atoms with Gasteiger partial charge in [-0.25, -0.2) is 0 Å². The number of nitrogens with one attached hydrogen (secondary N) is 2. The van der Waals surface area contributed by atoms with E-state index in [4.69, 9.17) is 0 Å². The van der Waals surface area contributed by atoms with Crippen LogP contribution in [0.15, 0.2) is 83.3 Å². The van der Waals surface area contributed by atoms with E-state index in [1.165, 1.54) is 4.90 Å². The summed E-state index contributed by atoms with van der Waals surface area (Å²) in [5.41, 5.74) is 2.15. The lowest BCUT2D eigenvalue weighted by molar-refractivity contribution is -0.122. The fourth-order valence-corrected chi connectivity index (χ4v) is 3.63. The molecule has 0 saturated carbocycles. The molecule has 0 saturated heterocycles. The van der Waals surface area contributed by atoms with E-state index in [0.29, 0.717) is 22.6 Å². The first-order valence-corrected chi connectivity index (χ1v) is 10.2. The second kappa shape index (κ2) is 8.51. The maximum atomic E-state index is 13.4. The monoisotopic (exact) mass is 463 g/mol. The largest absolute Gasteiger partial charge is 0.326 e. The molecule has 0 bridgehead atoms. The predicted molar refractivity (Wildman–Crippen MR) is 119 cm³/mol. The van der Waals surface area contributed by atoms with E-state index in [9.17, 15) is 14.4 Å². The molecule has 150 valence electrons. The van der Waals surface area contributed by atoms with Crippen molar-refractivity contribution in [1.29, 1.82) is 0 Å². The Morgan fingerprint density at radius 1 is 0.933 bits per heavy atom. The molecule has 3 aromatic rings.